The largest absolute Gasteiger partial charge is 0.493 e. The van der Waals surface area contributed by atoms with Crippen molar-refractivity contribution >= 4 is 47.2 Å². The zero-order chi connectivity index (χ0) is 29.0. The Morgan fingerprint density at radius 1 is 0.800 bits per heavy atom. The van der Waals surface area contributed by atoms with E-state index < -0.39 is 23.8 Å². The Morgan fingerprint density at radius 3 is 2.00 bits per heavy atom. The summed E-state index contributed by atoms with van der Waals surface area (Å²) in [5.74, 6) is -1.36. The summed E-state index contributed by atoms with van der Waals surface area (Å²) in [4.78, 5) is 51.8. The Labute approximate surface area is 233 Å². The second kappa shape index (κ2) is 11.8. The van der Waals surface area contributed by atoms with Gasteiger partial charge in [0.15, 0.2) is 23.0 Å². The number of barbiturate groups is 1. The molecule has 1 heterocycles. The lowest BCUT2D eigenvalue weighted by Gasteiger charge is -2.26. The van der Waals surface area contributed by atoms with Crippen LogP contribution in [-0.2, 0) is 9.59 Å². The third-order valence-electron chi connectivity index (χ3n) is 5.79. The molecular formula is C28H23ClN2O9. The molecule has 11 nitrogen and oxygen atoms in total. The molecule has 1 fully saturated rings. The average molecular weight is 567 g/mol. The molecule has 4 amide bonds. The normalized spacial score (nSPS) is 14.1. The fourth-order valence-corrected chi connectivity index (χ4v) is 3.99. The van der Waals surface area contributed by atoms with Gasteiger partial charge in [-0.25, -0.2) is 14.5 Å². The van der Waals surface area contributed by atoms with Crippen LogP contribution in [0.25, 0.3) is 6.08 Å². The standard InChI is InChI=1S/C28H23ClN2O9/c1-36-21-12-15(11-19-25(32)30-28(35)31(26(19)33)18-8-6-17(29)7-9-18)5-10-20(21)40-27(34)16-13-22(37-2)24(39-4)23(14-16)38-3/h5-14H,1-4H3,(H,30,32,35)/b19-11+. The van der Waals surface area contributed by atoms with Crippen LogP contribution in [0.5, 0.6) is 28.7 Å². The number of nitrogens with zero attached hydrogens (tertiary/aromatic N) is 1. The minimum absolute atomic E-state index is 0.0702. The molecule has 0 radical (unpaired) electrons. The lowest BCUT2D eigenvalue weighted by atomic mass is 10.1. The zero-order valence-corrected chi connectivity index (χ0v) is 22.5. The molecule has 0 aromatic heterocycles. The molecule has 4 rings (SSSR count). The highest BCUT2D eigenvalue weighted by molar-refractivity contribution is 6.39. The first-order chi connectivity index (χ1) is 19.2. The number of methoxy groups -OCH3 is 4. The van der Waals surface area contributed by atoms with Gasteiger partial charge in [0.2, 0.25) is 5.75 Å². The third-order valence-corrected chi connectivity index (χ3v) is 6.04. The van der Waals surface area contributed by atoms with Crippen molar-refractivity contribution in [3.05, 3.63) is 76.3 Å². The molecule has 3 aromatic carbocycles. The topological polar surface area (TPSA) is 130 Å². The summed E-state index contributed by atoms with van der Waals surface area (Å²) in [5, 5.41) is 2.57. The van der Waals surface area contributed by atoms with E-state index in [2.05, 4.69) is 5.32 Å². The number of hydrogen-bond acceptors (Lipinski definition) is 9. The first-order valence-electron chi connectivity index (χ1n) is 11.6. The number of imide groups is 2. The molecule has 40 heavy (non-hydrogen) atoms. The first kappa shape index (κ1) is 28.0. The number of carbonyl (C=O) groups excluding carboxylic acids is 4. The van der Waals surface area contributed by atoms with Crippen LogP contribution < -0.4 is 33.9 Å². The third kappa shape index (κ3) is 5.54. The van der Waals surface area contributed by atoms with Gasteiger partial charge >= 0.3 is 12.0 Å². The van der Waals surface area contributed by atoms with E-state index in [1.54, 1.807) is 0 Å². The van der Waals surface area contributed by atoms with Crippen LogP contribution in [-0.4, -0.2) is 52.3 Å². The van der Waals surface area contributed by atoms with E-state index in [4.69, 9.17) is 35.3 Å². The highest BCUT2D eigenvalue weighted by atomic mass is 35.5. The summed E-state index contributed by atoms with van der Waals surface area (Å²) in [6.07, 6.45) is 1.29. The second-order valence-electron chi connectivity index (χ2n) is 8.15. The van der Waals surface area contributed by atoms with Crippen molar-refractivity contribution < 1.29 is 42.9 Å². The van der Waals surface area contributed by atoms with Gasteiger partial charge in [-0.2, -0.15) is 0 Å². The van der Waals surface area contributed by atoms with Crippen molar-refractivity contribution in [3.63, 3.8) is 0 Å². The van der Waals surface area contributed by atoms with E-state index in [0.717, 1.165) is 4.90 Å². The fourth-order valence-electron chi connectivity index (χ4n) is 3.86. The van der Waals surface area contributed by atoms with Gasteiger partial charge in [-0.05, 0) is 60.2 Å². The van der Waals surface area contributed by atoms with Crippen molar-refractivity contribution in [2.45, 2.75) is 0 Å². The Morgan fingerprint density at radius 2 is 1.43 bits per heavy atom. The number of amides is 4. The molecule has 1 saturated heterocycles. The smallest absolute Gasteiger partial charge is 0.343 e. The molecule has 206 valence electrons. The van der Waals surface area contributed by atoms with Crippen LogP contribution in [0.4, 0.5) is 10.5 Å². The van der Waals surface area contributed by atoms with Crippen molar-refractivity contribution in [1.29, 1.82) is 0 Å². The van der Waals surface area contributed by atoms with E-state index in [1.165, 1.54) is 89.1 Å². The van der Waals surface area contributed by atoms with Crippen molar-refractivity contribution in [1.82, 2.24) is 5.32 Å². The average Bonchev–Trinajstić information content (AvgIpc) is 2.95. The number of nitrogens with one attached hydrogen (secondary N) is 1. The van der Waals surface area contributed by atoms with E-state index >= 15 is 0 Å². The van der Waals surface area contributed by atoms with Crippen LogP contribution >= 0.6 is 11.6 Å². The second-order valence-corrected chi connectivity index (χ2v) is 8.58. The van der Waals surface area contributed by atoms with E-state index in [1.807, 2.05) is 0 Å². The number of benzene rings is 3. The van der Waals surface area contributed by atoms with Gasteiger partial charge in [0.25, 0.3) is 11.8 Å². The maximum Gasteiger partial charge on any atom is 0.343 e. The molecule has 0 atom stereocenters. The minimum atomic E-state index is -0.888. The van der Waals surface area contributed by atoms with Crippen LogP contribution in [0, 0.1) is 0 Å². The summed E-state index contributed by atoms with van der Waals surface area (Å²) in [5.41, 5.74) is 0.434. The summed E-state index contributed by atoms with van der Waals surface area (Å²) in [6.45, 7) is 0. The van der Waals surface area contributed by atoms with Crippen LogP contribution in [0.1, 0.15) is 15.9 Å². The Balaban J connectivity index is 1.62. The number of ether oxygens (including phenoxy) is 5. The maximum atomic E-state index is 13.1. The molecule has 3 aromatic rings. The van der Waals surface area contributed by atoms with Crippen molar-refractivity contribution in [3.8, 4) is 28.7 Å². The lowest BCUT2D eigenvalue weighted by Crippen LogP contribution is -2.54. The molecule has 12 heteroatoms. The highest BCUT2D eigenvalue weighted by Crippen LogP contribution is 2.39. The zero-order valence-electron chi connectivity index (χ0n) is 21.8. The Bertz CT molecular complexity index is 1510. The summed E-state index contributed by atoms with van der Waals surface area (Å²) >= 11 is 5.90. The first-order valence-corrected chi connectivity index (χ1v) is 12.0. The fraction of sp³-hybridized carbons (Fsp3) is 0.143. The van der Waals surface area contributed by atoms with Crippen molar-refractivity contribution in [2.75, 3.05) is 33.3 Å². The van der Waals surface area contributed by atoms with Gasteiger partial charge in [0.05, 0.1) is 39.7 Å². The van der Waals surface area contributed by atoms with Gasteiger partial charge in [0, 0.05) is 5.02 Å². The Kier molecular flexibility index (Phi) is 8.25. The number of anilines is 1. The predicted octanol–water partition coefficient (Wildman–Crippen LogP) is 4.26. The molecule has 0 aliphatic carbocycles. The summed E-state index contributed by atoms with van der Waals surface area (Å²) in [7, 11) is 5.65. The quantitative estimate of drug-likeness (QED) is 0.184. The monoisotopic (exact) mass is 566 g/mol. The predicted molar refractivity (Wildman–Crippen MR) is 145 cm³/mol. The highest BCUT2D eigenvalue weighted by Gasteiger charge is 2.36. The number of carbonyl (C=O) groups is 4. The number of urea groups is 1. The maximum absolute atomic E-state index is 13.1. The van der Waals surface area contributed by atoms with E-state index in [-0.39, 0.29) is 39.8 Å². The summed E-state index contributed by atoms with van der Waals surface area (Å²) < 4.78 is 26.7. The molecule has 1 aliphatic rings. The minimum Gasteiger partial charge on any atom is -0.493 e. The molecule has 0 unspecified atom stereocenters. The van der Waals surface area contributed by atoms with Crippen molar-refractivity contribution in [2.24, 2.45) is 0 Å². The lowest BCUT2D eigenvalue weighted by molar-refractivity contribution is -0.122. The SMILES string of the molecule is COc1cc(/C=C2\C(=O)NC(=O)N(c3ccc(Cl)cc3)C2=O)ccc1OC(=O)c1cc(OC)c(OC)c(OC)c1. The van der Waals surface area contributed by atoms with E-state index in [9.17, 15) is 19.2 Å². The number of rotatable bonds is 8. The van der Waals surface area contributed by atoms with Crippen LogP contribution in [0.15, 0.2) is 60.2 Å². The molecular weight excluding hydrogens is 544 g/mol. The number of esters is 1. The van der Waals surface area contributed by atoms with Gasteiger partial charge < -0.3 is 23.7 Å². The van der Waals surface area contributed by atoms with E-state index in [0.29, 0.717) is 16.3 Å². The molecule has 0 saturated carbocycles. The molecule has 0 bridgehead atoms. The number of halogens is 1. The molecule has 0 spiro atoms. The van der Waals surface area contributed by atoms with Gasteiger partial charge in [-0.3, -0.25) is 14.9 Å². The van der Waals surface area contributed by atoms with Gasteiger partial charge in [-0.1, -0.05) is 17.7 Å². The van der Waals surface area contributed by atoms with Crippen LogP contribution in [0.3, 0.4) is 0 Å². The summed E-state index contributed by atoms with van der Waals surface area (Å²) in [6, 6.07) is 12.4. The van der Waals surface area contributed by atoms with Gasteiger partial charge in [0.1, 0.15) is 5.57 Å². The molecule has 1 aliphatic heterocycles. The Hall–Kier alpha value is -5.03. The molecule has 1 N–H and O–H groups in total. The van der Waals surface area contributed by atoms with Gasteiger partial charge in [-0.15, -0.1) is 0 Å². The van der Waals surface area contributed by atoms with Crippen LogP contribution in [0.2, 0.25) is 5.02 Å². The number of hydrogen-bond donors (Lipinski definition) is 1.